The molecule has 0 amide bonds. The molecule has 6 nitrogen and oxygen atoms in total. The summed E-state index contributed by atoms with van der Waals surface area (Å²) in [4.78, 5) is 23.4. The largest absolute Gasteiger partial charge is 0.493 e. The second kappa shape index (κ2) is 9.32. The van der Waals surface area contributed by atoms with Gasteiger partial charge in [-0.05, 0) is 37.2 Å². The van der Waals surface area contributed by atoms with Gasteiger partial charge in [-0.1, -0.05) is 36.4 Å². The minimum absolute atomic E-state index is 0.101. The second-order valence-electron chi connectivity index (χ2n) is 7.30. The lowest BCUT2D eigenvalue weighted by atomic mass is 10.1. The van der Waals surface area contributed by atoms with Crippen LogP contribution >= 0.6 is 11.3 Å². The summed E-state index contributed by atoms with van der Waals surface area (Å²) in [6.45, 7) is 3.75. The monoisotopic (exact) mass is 435 g/mol. The van der Waals surface area contributed by atoms with E-state index in [4.69, 9.17) is 14.5 Å². The maximum atomic E-state index is 12.8. The quantitative estimate of drug-likeness (QED) is 0.435. The smallest absolute Gasteiger partial charge is 0.260 e. The fourth-order valence-corrected chi connectivity index (χ4v) is 4.57. The molecule has 31 heavy (non-hydrogen) atoms. The Kier molecular flexibility index (Phi) is 6.34. The number of H-pyrrole nitrogens is 1. The van der Waals surface area contributed by atoms with Crippen molar-refractivity contribution < 1.29 is 9.47 Å². The van der Waals surface area contributed by atoms with Crippen LogP contribution in [-0.2, 0) is 13.1 Å². The third-order valence-corrected chi connectivity index (χ3v) is 5.85. The summed E-state index contributed by atoms with van der Waals surface area (Å²) in [5.41, 5.74) is 2.94. The van der Waals surface area contributed by atoms with Crippen LogP contribution in [0, 0.1) is 0 Å². The molecule has 0 atom stereocenters. The lowest BCUT2D eigenvalue weighted by Crippen LogP contribution is -2.21. The highest BCUT2D eigenvalue weighted by atomic mass is 32.1. The molecule has 0 radical (unpaired) electrons. The van der Waals surface area contributed by atoms with E-state index in [1.807, 2.05) is 67.9 Å². The van der Waals surface area contributed by atoms with Crippen molar-refractivity contribution in [2.24, 2.45) is 0 Å². The molecule has 0 aliphatic heterocycles. The zero-order valence-corrected chi connectivity index (χ0v) is 18.7. The van der Waals surface area contributed by atoms with E-state index in [-0.39, 0.29) is 5.56 Å². The number of aromatic amines is 1. The van der Waals surface area contributed by atoms with Crippen molar-refractivity contribution in [1.82, 2.24) is 14.9 Å². The van der Waals surface area contributed by atoms with E-state index >= 15 is 0 Å². The molecule has 0 aliphatic rings. The molecule has 0 unspecified atom stereocenters. The van der Waals surface area contributed by atoms with Gasteiger partial charge in [-0.3, -0.25) is 9.69 Å². The summed E-state index contributed by atoms with van der Waals surface area (Å²) >= 11 is 1.50. The molecule has 0 spiro atoms. The van der Waals surface area contributed by atoms with Crippen molar-refractivity contribution >= 4 is 21.6 Å². The summed E-state index contributed by atoms with van der Waals surface area (Å²) in [5, 5.41) is 2.65. The van der Waals surface area contributed by atoms with Crippen LogP contribution in [0.15, 0.2) is 58.7 Å². The fourth-order valence-electron chi connectivity index (χ4n) is 3.61. The first kappa shape index (κ1) is 21.1. The molecule has 2 aromatic heterocycles. The topological polar surface area (TPSA) is 67.5 Å². The van der Waals surface area contributed by atoms with Gasteiger partial charge in [0, 0.05) is 17.5 Å². The maximum absolute atomic E-state index is 12.8. The molecular weight excluding hydrogens is 410 g/mol. The average molecular weight is 436 g/mol. The molecule has 7 heteroatoms. The second-order valence-corrected chi connectivity index (χ2v) is 8.16. The predicted octanol–water partition coefficient (Wildman–Crippen LogP) is 4.69. The normalized spacial score (nSPS) is 11.2. The van der Waals surface area contributed by atoms with Crippen LogP contribution in [0.25, 0.3) is 21.3 Å². The summed E-state index contributed by atoms with van der Waals surface area (Å²) in [5.74, 6) is 2.10. The van der Waals surface area contributed by atoms with Crippen molar-refractivity contribution in [2.75, 3.05) is 20.8 Å². The number of nitrogens with zero attached hydrogens (tertiary/aromatic N) is 2. The molecule has 2 aromatic carbocycles. The van der Waals surface area contributed by atoms with E-state index < -0.39 is 0 Å². The number of nitrogens with one attached hydrogen (secondary N) is 1. The third-order valence-electron chi connectivity index (χ3n) is 4.98. The summed E-state index contributed by atoms with van der Waals surface area (Å²) < 4.78 is 11.0. The minimum atomic E-state index is -0.101. The van der Waals surface area contributed by atoms with Crippen LogP contribution in [0.5, 0.6) is 11.5 Å². The molecule has 0 saturated carbocycles. The number of ether oxygens (including phenoxy) is 2. The van der Waals surface area contributed by atoms with Gasteiger partial charge in [0.25, 0.3) is 5.56 Å². The maximum Gasteiger partial charge on any atom is 0.260 e. The van der Waals surface area contributed by atoms with E-state index in [2.05, 4.69) is 9.88 Å². The van der Waals surface area contributed by atoms with Crippen LogP contribution in [0.1, 0.15) is 18.3 Å². The Morgan fingerprint density at radius 2 is 1.90 bits per heavy atom. The Hall–Kier alpha value is -3.16. The van der Waals surface area contributed by atoms with E-state index in [1.165, 1.54) is 11.3 Å². The number of hydrogen-bond donors (Lipinski definition) is 1. The number of methoxy groups -OCH3 is 1. The molecule has 2 heterocycles. The van der Waals surface area contributed by atoms with E-state index in [0.717, 1.165) is 27.3 Å². The highest BCUT2D eigenvalue weighted by molar-refractivity contribution is 7.17. The zero-order valence-electron chi connectivity index (χ0n) is 17.8. The summed E-state index contributed by atoms with van der Waals surface area (Å²) in [7, 11) is 3.64. The highest BCUT2D eigenvalue weighted by Gasteiger charge is 2.14. The Morgan fingerprint density at radius 3 is 2.65 bits per heavy atom. The van der Waals surface area contributed by atoms with Gasteiger partial charge in [0.1, 0.15) is 10.7 Å². The van der Waals surface area contributed by atoms with Crippen molar-refractivity contribution in [2.45, 2.75) is 20.0 Å². The number of benzene rings is 2. The van der Waals surface area contributed by atoms with Crippen LogP contribution in [0.2, 0.25) is 0 Å². The van der Waals surface area contributed by atoms with Gasteiger partial charge in [-0.15, -0.1) is 11.3 Å². The number of thiophene rings is 1. The van der Waals surface area contributed by atoms with Gasteiger partial charge in [0.2, 0.25) is 0 Å². The van der Waals surface area contributed by atoms with Gasteiger partial charge in [0.15, 0.2) is 11.5 Å². The van der Waals surface area contributed by atoms with Crippen LogP contribution < -0.4 is 15.0 Å². The van der Waals surface area contributed by atoms with E-state index in [0.29, 0.717) is 36.7 Å². The average Bonchev–Trinajstić information content (AvgIpc) is 3.20. The lowest BCUT2D eigenvalue weighted by Gasteiger charge is -2.17. The molecule has 0 aliphatic carbocycles. The Bertz CT molecular complexity index is 1230. The molecule has 4 aromatic rings. The Morgan fingerprint density at radius 1 is 1.10 bits per heavy atom. The molecule has 0 saturated heterocycles. The zero-order chi connectivity index (χ0) is 21.8. The van der Waals surface area contributed by atoms with Crippen molar-refractivity contribution in [3.05, 3.63) is 75.7 Å². The van der Waals surface area contributed by atoms with Gasteiger partial charge >= 0.3 is 0 Å². The Balaban J connectivity index is 1.53. The number of rotatable bonds is 8. The first-order chi connectivity index (χ1) is 15.1. The summed E-state index contributed by atoms with van der Waals surface area (Å²) in [6.07, 6.45) is 0. The molecular formula is C24H25N3O3S. The van der Waals surface area contributed by atoms with Crippen LogP contribution in [0.4, 0.5) is 0 Å². The first-order valence-corrected chi connectivity index (χ1v) is 11.0. The molecule has 4 rings (SSSR count). The first-order valence-electron chi connectivity index (χ1n) is 10.1. The van der Waals surface area contributed by atoms with Crippen molar-refractivity contribution in [1.29, 1.82) is 0 Å². The number of fused-ring (bicyclic) bond motifs is 1. The van der Waals surface area contributed by atoms with E-state index in [1.54, 1.807) is 7.11 Å². The summed E-state index contributed by atoms with van der Waals surface area (Å²) in [6, 6.07) is 15.9. The van der Waals surface area contributed by atoms with Crippen molar-refractivity contribution in [3.63, 3.8) is 0 Å². The number of hydrogen-bond acceptors (Lipinski definition) is 6. The SMILES string of the molecule is CCOc1ccc(CN(C)Cc2nc3scc(-c4ccccc4)c3c(=O)[nH]2)cc1OC. The lowest BCUT2D eigenvalue weighted by molar-refractivity contribution is 0.302. The van der Waals surface area contributed by atoms with Crippen molar-refractivity contribution in [3.8, 4) is 22.6 Å². The van der Waals surface area contributed by atoms with Gasteiger partial charge in [-0.25, -0.2) is 4.98 Å². The Labute approximate surface area is 185 Å². The minimum Gasteiger partial charge on any atom is -0.493 e. The molecule has 0 fully saturated rings. The molecule has 1 N–H and O–H groups in total. The standard InChI is InChI=1S/C24H25N3O3S/c1-4-30-19-11-10-16(12-20(19)29-3)13-27(2)14-21-25-23(28)22-18(15-31-24(22)26-21)17-8-6-5-7-9-17/h5-12,15H,4,13-14H2,1-3H3,(H,25,26,28). The number of aromatic nitrogens is 2. The predicted molar refractivity (Wildman–Crippen MR) is 125 cm³/mol. The van der Waals surface area contributed by atoms with Gasteiger partial charge in [-0.2, -0.15) is 0 Å². The van der Waals surface area contributed by atoms with E-state index in [9.17, 15) is 4.79 Å². The molecule has 0 bridgehead atoms. The van der Waals surface area contributed by atoms with Crippen LogP contribution in [-0.4, -0.2) is 35.6 Å². The molecule has 160 valence electrons. The highest BCUT2D eigenvalue weighted by Crippen LogP contribution is 2.31. The third kappa shape index (κ3) is 4.62. The van der Waals surface area contributed by atoms with Gasteiger partial charge in [0.05, 0.1) is 25.6 Å². The van der Waals surface area contributed by atoms with Gasteiger partial charge < -0.3 is 14.5 Å². The van der Waals surface area contributed by atoms with Crippen LogP contribution in [0.3, 0.4) is 0 Å². The fraction of sp³-hybridized carbons (Fsp3) is 0.250.